The summed E-state index contributed by atoms with van der Waals surface area (Å²) in [6.07, 6.45) is -0.974. The van der Waals surface area contributed by atoms with E-state index in [2.05, 4.69) is 0 Å². The Labute approximate surface area is 96.4 Å². The first-order valence-corrected chi connectivity index (χ1v) is 4.90. The molecule has 2 rings (SSSR count). The molecule has 1 aromatic rings. The molecule has 1 amide bonds. The lowest BCUT2D eigenvalue weighted by Gasteiger charge is -2.43. The van der Waals surface area contributed by atoms with Gasteiger partial charge in [-0.15, -0.1) is 0 Å². The van der Waals surface area contributed by atoms with E-state index in [0.717, 1.165) is 4.90 Å². The number of β-lactam (4-membered cyclic amide) rings is 1. The molecule has 0 aliphatic carbocycles. The number of aliphatic carboxylic acids is 1. The molecule has 0 radical (unpaired) electrons. The van der Waals surface area contributed by atoms with Gasteiger partial charge in [0, 0.05) is 12.8 Å². The highest BCUT2D eigenvalue weighted by molar-refractivity contribution is 6.12. The lowest BCUT2D eigenvalue weighted by atomic mass is 9.97. The third kappa shape index (κ3) is 1.76. The van der Waals surface area contributed by atoms with Crippen LogP contribution < -0.4 is 4.90 Å². The van der Waals surface area contributed by atoms with Crippen LogP contribution >= 0.6 is 0 Å². The van der Waals surface area contributed by atoms with Crippen LogP contribution in [0.5, 0.6) is 0 Å². The molecule has 1 aliphatic rings. The quantitative estimate of drug-likeness (QED) is 0.786. The number of nitrogens with zero attached hydrogens (tertiary/aromatic N) is 1. The molecule has 1 aliphatic heterocycles. The lowest BCUT2D eigenvalue weighted by molar-refractivity contribution is -0.155. The minimum atomic E-state index is -1.15. The Kier molecular flexibility index (Phi) is 2.81. The largest absolute Gasteiger partial charge is 0.480 e. The molecule has 0 saturated carbocycles. The molecule has 5 nitrogen and oxygen atoms in total. The van der Waals surface area contributed by atoms with Gasteiger partial charge in [0.2, 0.25) is 0 Å². The van der Waals surface area contributed by atoms with E-state index in [-0.39, 0.29) is 0 Å². The van der Waals surface area contributed by atoms with Crippen LogP contribution in [-0.2, 0) is 14.3 Å². The van der Waals surface area contributed by atoms with Crippen molar-refractivity contribution >= 4 is 17.6 Å². The number of anilines is 1. The van der Waals surface area contributed by atoms with Crippen molar-refractivity contribution < 1.29 is 23.8 Å². The average Bonchev–Trinajstić information content (AvgIpc) is 2.28. The minimum Gasteiger partial charge on any atom is -0.480 e. The number of carbonyl (C=O) groups excluding carboxylic acids is 1. The fraction of sp³-hybridized carbons (Fsp3) is 0.273. The molecule has 0 spiro atoms. The first kappa shape index (κ1) is 11.5. The first-order chi connectivity index (χ1) is 8.06. The summed E-state index contributed by atoms with van der Waals surface area (Å²) < 4.78 is 17.5. The maximum atomic E-state index is 12.7. The van der Waals surface area contributed by atoms with Gasteiger partial charge in [0.15, 0.2) is 12.1 Å². The Hall–Kier alpha value is -1.95. The highest BCUT2D eigenvalue weighted by Crippen LogP contribution is 2.30. The zero-order valence-electron chi connectivity index (χ0n) is 8.96. The second-order valence-corrected chi connectivity index (χ2v) is 3.62. The standard InChI is InChI=1S/C11H10FNO4/c1-17-9-8(11(15)16)13(10(9)14)7-4-2-6(12)3-5-7/h2-5,8-9H,1H3,(H,15,16)/t8-,9-/m0/s1. The molecule has 1 fully saturated rings. The summed E-state index contributed by atoms with van der Waals surface area (Å²) in [4.78, 5) is 23.7. The van der Waals surface area contributed by atoms with E-state index >= 15 is 0 Å². The van der Waals surface area contributed by atoms with Crippen LogP contribution in [0.25, 0.3) is 0 Å². The van der Waals surface area contributed by atoms with Crippen molar-refractivity contribution in [1.29, 1.82) is 0 Å². The van der Waals surface area contributed by atoms with Crippen molar-refractivity contribution in [2.24, 2.45) is 0 Å². The Bertz CT molecular complexity index is 459. The van der Waals surface area contributed by atoms with E-state index in [1.807, 2.05) is 0 Å². The minimum absolute atomic E-state index is 0.345. The summed E-state index contributed by atoms with van der Waals surface area (Å²) in [5.74, 6) is -2.04. The second kappa shape index (κ2) is 4.14. The molecule has 90 valence electrons. The number of halogens is 1. The van der Waals surface area contributed by atoms with Crippen LogP contribution in [0, 0.1) is 5.82 Å². The van der Waals surface area contributed by atoms with Crippen LogP contribution in [0.1, 0.15) is 0 Å². The van der Waals surface area contributed by atoms with Gasteiger partial charge in [0.05, 0.1) is 0 Å². The van der Waals surface area contributed by atoms with Gasteiger partial charge in [-0.2, -0.15) is 0 Å². The average molecular weight is 239 g/mol. The maximum absolute atomic E-state index is 12.7. The third-order valence-corrected chi connectivity index (χ3v) is 2.66. The Morgan fingerprint density at radius 1 is 1.41 bits per heavy atom. The Morgan fingerprint density at radius 2 is 2.00 bits per heavy atom. The van der Waals surface area contributed by atoms with Crippen molar-refractivity contribution in [3.8, 4) is 0 Å². The third-order valence-electron chi connectivity index (χ3n) is 2.66. The fourth-order valence-corrected chi connectivity index (χ4v) is 1.82. The molecule has 1 saturated heterocycles. The van der Waals surface area contributed by atoms with Crippen molar-refractivity contribution in [3.05, 3.63) is 30.1 Å². The van der Waals surface area contributed by atoms with E-state index in [1.54, 1.807) is 0 Å². The topological polar surface area (TPSA) is 66.8 Å². The summed E-state index contributed by atoms with van der Waals surface area (Å²) in [5, 5.41) is 8.99. The number of methoxy groups -OCH3 is 1. The SMILES string of the molecule is CO[C@@H]1C(=O)N(c2ccc(F)cc2)[C@@H]1C(=O)O. The number of carbonyl (C=O) groups is 2. The van der Waals surface area contributed by atoms with E-state index in [1.165, 1.54) is 31.4 Å². The summed E-state index contributed by atoms with van der Waals surface area (Å²) in [7, 11) is 1.28. The van der Waals surface area contributed by atoms with Crippen LogP contribution in [0.4, 0.5) is 10.1 Å². The number of ether oxygens (including phenoxy) is 1. The number of carboxylic acids is 1. The summed E-state index contributed by atoms with van der Waals surface area (Å²) in [6.45, 7) is 0. The predicted molar refractivity (Wildman–Crippen MR) is 56.1 cm³/mol. The summed E-state index contributed by atoms with van der Waals surface area (Å²) in [6, 6.07) is 3.99. The van der Waals surface area contributed by atoms with E-state index in [4.69, 9.17) is 9.84 Å². The first-order valence-electron chi connectivity index (χ1n) is 4.90. The van der Waals surface area contributed by atoms with Gasteiger partial charge in [-0.05, 0) is 24.3 Å². The maximum Gasteiger partial charge on any atom is 0.330 e. The van der Waals surface area contributed by atoms with Gasteiger partial charge in [0.1, 0.15) is 5.82 Å². The van der Waals surface area contributed by atoms with Crippen molar-refractivity contribution in [1.82, 2.24) is 0 Å². The molecule has 1 aromatic carbocycles. The Balaban J connectivity index is 2.29. The molecular formula is C11H10FNO4. The molecule has 0 bridgehead atoms. The molecule has 1 heterocycles. The number of carboxylic acid groups (broad SMARTS) is 1. The van der Waals surface area contributed by atoms with Gasteiger partial charge >= 0.3 is 5.97 Å². The normalized spacial score (nSPS) is 23.4. The van der Waals surface area contributed by atoms with Gasteiger partial charge < -0.3 is 9.84 Å². The number of hydrogen-bond donors (Lipinski definition) is 1. The van der Waals surface area contributed by atoms with Gasteiger partial charge in [0.25, 0.3) is 5.91 Å². The Morgan fingerprint density at radius 3 is 2.47 bits per heavy atom. The van der Waals surface area contributed by atoms with E-state index in [9.17, 15) is 14.0 Å². The van der Waals surface area contributed by atoms with E-state index < -0.39 is 29.8 Å². The van der Waals surface area contributed by atoms with Crippen LogP contribution in [0.15, 0.2) is 24.3 Å². The lowest BCUT2D eigenvalue weighted by Crippen LogP contribution is -2.69. The summed E-state index contributed by atoms with van der Waals surface area (Å²) in [5.41, 5.74) is 0.345. The smallest absolute Gasteiger partial charge is 0.330 e. The van der Waals surface area contributed by atoms with Gasteiger partial charge in [-0.25, -0.2) is 9.18 Å². The van der Waals surface area contributed by atoms with Crippen molar-refractivity contribution in [3.63, 3.8) is 0 Å². The van der Waals surface area contributed by atoms with Gasteiger partial charge in [-0.3, -0.25) is 9.69 Å². The zero-order chi connectivity index (χ0) is 12.6. The van der Waals surface area contributed by atoms with Crippen LogP contribution in [0.2, 0.25) is 0 Å². The molecule has 2 atom stereocenters. The van der Waals surface area contributed by atoms with Gasteiger partial charge in [-0.1, -0.05) is 0 Å². The number of rotatable bonds is 3. The monoisotopic (exact) mass is 239 g/mol. The molecule has 0 aromatic heterocycles. The van der Waals surface area contributed by atoms with E-state index in [0.29, 0.717) is 5.69 Å². The van der Waals surface area contributed by atoms with Crippen LogP contribution in [0.3, 0.4) is 0 Å². The summed E-state index contributed by atoms with van der Waals surface area (Å²) >= 11 is 0. The zero-order valence-corrected chi connectivity index (χ0v) is 8.96. The molecule has 6 heteroatoms. The molecule has 17 heavy (non-hydrogen) atoms. The molecular weight excluding hydrogens is 229 g/mol. The van der Waals surface area contributed by atoms with Crippen molar-refractivity contribution in [2.45, 2.75) is 12.1 Å². The molecule has 1 N–H and O–H groups in total. The van der Waals surface area contributed by atoms with Crippen LogP contribution in [-0.4, -0.2) is 36.2 Å². The highest BCUT2D eigenvalue weighted by atomic mass is 19.1. The molecule has 0 unspecified atom stereocenters. The van der Waals surface area contributed by atoms with Crippen molar-refractivity contribution in [2.75, 3.05) is 12.0 Å². The fourth-order valence-electron chi connectivity index (χ4n) is 1.82. The highest BCUT2D eigenvalue weighted by Gasteiger charge is 2.53. The number of amides is 1. The predicted octanol–water partition coefficient (Wildman–Crippen LogP) is 0.641. The second-order valence-electron chi connectivity index (χ2n) is 3.62. The number of hydrogen-bond acceptors (Lipinski definition) is 3. The number of benzene rings is 1.